The Hall–Kier alpha value is -5.10. The van der Waals surface area contributed by atoms with Gasteiger partial charge < -0.3 is 22.9 Å². The number of rotatable bonds is 2. The molecular weight excluding hydrogens is 448 g/mol. The van der Waals surface area contributed by atoms with Gasteiger partial charge in [0.1, 0.15) is 0 Å². The molecule has 36 heavy (non-hydrogen) atoms. The molecular formula is C30H28N4O2. The topological polar surface area (TPSA) is 138 Å². The molecule has 6 nitrogen and oxygen atoms in total. The van der Waals surface area contributed by atoms with E-state index in [0.29, 0.717) is 0 Å². The van der Waals surface area contributed by atoms with Gasteiger partial charge in [0.05, 0.1) is 0 Å². The molecule has 1 aliphatic rings. The van der Waals surface area contributed by atoms with Crippen molar-refractivity contribution in [3.05, 3.63) is 121 Å². The number of nitrogen functional groups attached to an aromatic ring is 4. The molecule has 0 radical (unpaired) electrons. The fourth-order valence-electron chi connectivity index (χ4n) is 3.14. The molecule has 0 heterocycles. The van der Waals surface area contributed by atoms with Gasteiger partial charge in [0.2, 0.25) is 0 Å². The fourth-order valence-corrected chi connectivity index (χ4v) is 3.14. The van der Waals surface area contributed by atoms with Crippen LogP contribution in [0.25, 0.3) is 22.3 Å². The lowest BCUT2D eigenvalue weighted by molar-refractivity contribution is -0.113. The summed E-state index contributed by atoms with van der Waals surface area (Å²) in [7, 11) is 0. The van der Waals surface area contributed by atoms with Crippen LogP contribution in [0.1, 0.15) is 0 Å². The first-order valence-corrected chi connectivity index (χ1v) is 11.2. The lowest BCUT2D eigenvalue weighted by Gasteiger charge is -2.02. The Morgan fingerprint density at radius 2 is 0.472 bits per heavy atom. The minimum absolute atomic E-state index is 0.121. The first kappa shape index (κ1) is 25.5. The van der Waals surface area contributed by atoms with E-state index >= 15 is 0 Å². The van der Waals surface area contributed by atoms with Gasteiger partial charge in [-0.05, 0) is 95.1 Å². The van der Waals surface area contributed by atoms with Gasteiger partial charge in [-0.3, -0.25) is 9.59 Å². The Balaban J connectivity index is 0.000000157. The third-order valence-corrected chi connectivity index (χ3v) is 5.13. The minimum atomic E-state index is -0.121. The zero-order chi connectivity index (χ0) is 25.9. The standard InChI is InChI=1S/2C12H12N2.C6H4O2/c2*13-11-5-1-9(2-6-11)10-3-7-12(14)8-4-10;7-5-1-2-6(8)4-3-5/h2*1-8H,13-14H2;1-4H. The fraction of sp³-hybridized carbons (Fsp3) is 0. The summed E-state index contributed by atoms with van der Waals surface area (Å²) in [4.78, 5) is 20.6. The Kier molecular flexibility index (Phi) is 8.78. The molecule has 1 aliphatic carbocycles. The van der Waals surface area contributed by atoms with Gasteiger partial charge in [0.25, 0.3) is 0 Å². The highest BCUT2D eigenvalue weighted by Gasteiger charge is 1.98. The van der Waals surface area contributed by atoms with E-state index in [-0.39, 0.29) is 11.6 Å². The first-order valence-electron chi connectivity index (χ1n) is 11.2. The molecule has 0 saturated carbocycles. The quantitative estimate of drug-likeness (QED) is 0.229. The number of allylic oxidation sites excluding steroid dienone is 4. The summed E-state index contributed by atoms with van der Waals surface area (Å²) in [5.74, 6) is -0.241. The van der Waals surface area contributed by atoms with Gasteiger partial charge in [-0.1, -0.05) is 48.5 Å². The largest absolute Gasteiger partial charge is 0.399 e. The summed E-state index contributed by atoms with van der Waals surface area (Å²) in [6.45, 7) is 0. The molecule has 5 rings (SSSR count). The van der Waals surface area contributed by atoms with Gasteiger partial charge in [-0.25, -0.2) is 0 Å². The number of hydrogen-bond acceptors (Lipinski definition) is 6. The Labute approximate surface area is 210 Å². The molecule has 6 heteroatoms. The molecule has 0 atom stereocenters. The number of nitrogens with two attached hydrogens (primary N) is 4. The van der Waals surface area contributed by atoms with E-state index in [2.05, 4.69) is 0 Å². The van der Waals surface area contributed by atoms with Crippen LogP contribution in [0.2, 0.25) is 0 Å². The van der Waals surface area contributed by atoms with E-state index < -0.39 is 0 Å². The van der Waals surface area contributed by atoms with Crippen molar-refractivity contribution in [2.45, 2.75) is 0 Å². The normalized spacial score (nSPS) is 11.7. The molecule has 0 amide bonds. The van der Waals surface area contributed by atoms with Crippen LogP contribution in [-0.4, -0.2) is 11.6 Å². The number of ketones is 2. The highest BCUT2D eigenvalue weighted by atomic mass is 16.1. The average Bonchev–Trinajstić information content (AvgIpc) is 2.89. The average molecular weight is 477 g/mol. The Morgan fingerprint density at radius 1 is 0.306 bits per heavy atom. The highest BCUT2D eigenvalue weighted by Crippen LogP contribution is 2.22. The molecule has 0 unspecified atom stereocenters. The summed E-state index contributed by atoms with van der Waals surface area (Å²) in [6, 6.07) is 31.2. The maximum absolute atomic E-state index is 10.3. The van der Waals surface area contributed by atoms with Crippen LogP contribution in [0.5, 0.6) is 0 Å². The lowest BCUT2D eigenvalue weighted by Crippen LogP contribution is -1.97. The lowest BCUT2D eigenvalue weighted by atomic mass is 10.1. The van der Waals surface area contributed by atoms with Crippen molar-refractivity contribution in [2.24, 2.45) is 0 Å². The third kappa shape index (κ3) is 8.04. The van der Waals surface area contributed by atoms with Crippen LogP contribution in [0.3, 0.4) is 0 Å². The van der Waals surface area contributed by atoms with Crippen LogP contribution in [0.4, 0.5) is 22.7 Å². The molecule has 4 aromatic rings. The summed E-state index contributed by atoms with van der Waals surface area (Å²) in [6.07, 6.45) is 5.01. The van der Waals surface area contributed by atoms with Crippen molar-refractivity contribution in [1.82, 2.24) is 0 Å². The molecule has 0 bridgehead atoms. The Bertz CT molecular complexity index is 1140. The maximum atomic E-state index is 10.3. The number of anilines is 4. The van der Waals surface area contributed by atoms with Crippen molar-refractivity contribution >= 4 is 34.3 Å². The molecule has 4 aromatic carbocycles. The van der Waals surface area contributed by atoms with Gasteiger partial charge in [0.15, 0.2) is 11.6 Å². The second-order valence-corrected chi connectivity index (χ2v) is 7.96. The van der Waals surface area contributed by atoms with Crippen LogP contribution in [-0.2, 0) is 9.59 Å². The second-order valence-electron chi connectivity index (χ2n) is 7.96. The molecule has 180 valence electrons. The molecule has 0 aliphatic heterocycles. The smallest absolute Gasteiger partial charge is 0.178 e. The summed E-state index contributed by atoms with van der Waals surface area (Å²) in [5.41, 5.74) is 30.2. The zero-order valence-corrected chi connectivity index (χ0v) is 19.7. The van der Waals surface area contributed by atoms with Crippen LogP contribution in [0, 0.1) is 0 Å². The predicted molar refractivity (Wildman–Crippen MR) is 150 cm³/mol. The van der Waals surface area contributed by atoms with E-state index in [1.165, 1.54) is 24.3 Å². The van der Waals surface area contributed by atoms with Crippen LogP contribution in [0.15, 0.2) is 121 Å². The van der Waals surface area contributed by atoms with Crippen molar-refractivity contribution in [1.29, 1.82) is 0 Å². The number of carbonyl (C=O) groups is 2. The SMILES string of the molecule is Nc1ccc(-c2ccc(N)cc2)cc1.Nc1ccc(-c2ccc(N)cc2)cc1.O=C1C=CC(=O)C=C1. The van der Waals surface area contributed by atoms with Crippen molar-refractivity contribution < 1.29 is 9.59 Å². The molecule has 0 saturated heterocycles. The summed E-state index contributed by atoms with van der Waals surface area (Å²) in [5, 5.41) is 0. The summed E-state index contributed by atoms with van der Waals surface area (Å²) < 4.78 is 0. The Morgan fingerprint density at radius 3 is 0.639 bits per heavy atom. The van der Waals surface area contributed by atoms with E-state index in [4.69, 9.17) is 22.9 Å². The minimum Gasteiger partial charge on any atom is -0.399 e. The zero-order valence-electron chi connectivity index (χ0n) is 19.7. The van der Waals surface area contributed by atoms with Gasteiger partial charge >= 0.3 is 0 Å². The van der Waals surface area contributed by atoms with Crippen molar-refractivity contribution in [2.75, 3.05) is 22.9 Å². The molecule has 0 fully saturated rings. The number of hydrogen-bond donors (Lipinski definition) is 4. The van der Waals surface area contributed by atoms with Crippen molar-refractivity contribution in [3.8, 4) is 22.3 Å². The first-order chi connectivity index (χ1) is 17.3. The van der Waals surface area contributed by atoms with E-state index in [1.807, 2.05) is 97.1 Å². The van der Waals surface area contributed by atoms with Gasteiger partial charge in [0, 0.05) is 22.7 Å². The van der Waals surface area contributed by atoms with E-state index in [1.54, 1.807) is 0 Å². The van der Waals surface area contributed by atoms with Crippen LogP contribution < -0.4 is 22.9 Å². The van der Waals surface area contributed by atoms with Gasteiger partial charge in [-0.2, -0.15) is 0 Å². The monoisotopic (exact) mass is 476 g/mol. The maximum Gasteiger partial charge on any atom is 0.178 e. The van der Waals surface area contributed by atoms with Gasteiger partial charge in [-0.15, -0.1) is 0 Å². The van der Waals surface area contributed by atoms with E-state index in [9.17, 15) is 9.59 Å². The number of carbonyl (C=O) groups excluding carboxylic acids is 2. The molecule has 8 N–H and O–H groups in total. The number of benzene rings is 4. The van der Waals surface area contributed by atoms with Crippen molar-refractivity contribution in [3.63, 3.8) is 0 Å². The summed E-state index contributed by atoms with van der Waals surface area (Å²) >= 11 is 0. The predicted octanol–water partition coefficient (Wildman–Crippen LogP) is 5.29. The molecule has 0 spiro atoms. The highest BCUT2D eigenvalue weighted by molar-refractivity contribution is 6.14. The van der Waals surface area contributed by atoms with Crippen LogP contribution >= 0.6 is 0 Å². The van der Waals surface area contributed by atoms with E-state index in [0.717, 1.165) is 45.0 Å². The molecule has 0 aromatic heterocycles. The third-order valence-electron chi connectivity index (χ3n) is 5.13. The second kappa shape index (κ2) is 12.4.